The topological polar surface area (TPSA) is 15.3 Å². The van der Waals surface area contributed by atoms with Gasteiger partial charge in [0.2, 0.25) is 0 Å². The smallest absolute Gasteiger partial charge is 0.00967 e. The molecular formula is C15H30N2. The third kappa shape index (κ3) is 4.26. The molecule has 0 radical (unpaired) electrons. The van der Waals surface area contributed by atoms with E-state index < -0.39 is 0 Å². The second-order valence-corrected chi connectivity index (χ2v) is 7.19. The quantitative estimate of drug-likeness (QED) is 0.813. The van der Waals surface area contributed by atoms with Crippen LogP contribution in [0.2, 0.25) is 0 Å². The highest BCUT2D eigenvalue weighted by atomic mass is 15.1. The Bertz CT molecular complexity index is 218. The Morgan fingerprint density at radius 1 is 1.12 bits per heavy atom. The van der Waals surface area contributed by atoms with Crippen LogP contribution in [0.15, 0.2) is 0 Å². The van der Waals surface area contributed by atoms with Gasteiger partial charge in [0.05, 0.1) is 0 Å². The summed E-state index contributed by atoms with van der Waals surface area (Å²) < 4.78 is 0. The summed E-state index contributed by atoms with van der Waals surface area (Å²) in [4.78, 5) is 2.68. The standard InChI is InChI=1S/C15H30N2/c1-15(2,3)8-12-17-10-6-13(7-11-17)14-5-4-9-16-14/h13-14,16H,4-12H2,1-3H3. The van der Waals surface area contributed by atoms with Crippen molar-refractivity contribution < 1.29 is 0 Å². The van der Waals surface area contributed by atoms with Crippen molar-refractivity contribution in [3.05, 3.63) is 0 Å². The highest BCUT2D eigenvalue weighted by molar-refractivity contribution is 4.85. The van der Waals surface area contributed by atoms with Crippen molar-refractivity contribution in [3.8, 4) is 0 Å². The van der Waals surface area contributed by atoms with Crippen LogP contribution >= 0.6 is 0 Å². The summed E-state index contributed by atoms with van der Waals surface area (Å²) in [7, 11) is 0. The molecule has 2 aliphatic heterocycles. The van der Waals surface area contributed by atoms with Gasteiger partial charge < -0.3 is 10.2 Å². The third-order valence-corrected chi connectivity index (χ3v) is 4.48. The molecule has 0 aliphatic carbocycles. The lowest BCUT2D eigenvalue weighted by Crippen LogP contribution is -2.41. The SMILES string of the molecule is CC(C)(C)CCN1CCC(C2CCCN2)CC1. The van der Waals surface area contributed by atoms with Crippen LogP contribution in [0.3, 0.4) is 0 Å². The van der Waals surface area contributed by atoms with Crippen molar-refractivity contribution >= 4 is 0 Å². The number of nitrogens with one attached hydrogen (secondary N) is 1. The monoisotopic (exact) mass is 238 g/mol. The Labute approximate surface area is 107 Å². The predicted molar refractivity (Wildman–Crippen MR) is 74.3 cm³/mol. The number of piperidine rings is 1. The molecule has 2 heteroatoms. The highest BCUT2D eigenvalue weighted by Gasteiger charge is 2.28. The molecule has 0 aromatic heterocycles. The Morgan fingerprint density at radius 3 is 2.35 bits per heavy atom. The van der Waals surface area contributed by atoms with Crippen molar-refractivity contribution in [2.24, 2.45) is 11.3 Å². The average Bonchev–Trinajstić information content (AvgIpc) is 2.79. The van der Waals surface area contributed by atoms with Crippen LogP contribution in [-0.4, -0.2) is 37.1 Å². The second kappa shape index (κ2) is 5.71. The van der Waals surface area contributed by atoms with E-state index in [-0.39, 0.29) is 0 Å². The fourth-order valence-electron chi connectivity index (χ4n) is 3.19. The van der Waals surface area contributed by atoms with E-state index in [0.717, 1.165) is 12.0 Å². The molecule has 2 saturated heterocycles. The van der Waals surface area contributed by atoms with Crippen LogP contribution in [0.4, 0.5) is 0 Å². The maximum absolute atomic E-state index is 3.68. The third-order valence-electron chi connectivity index (χ3n) is 4.48. The van der Waals surface area contributed by atoms with E-state index in [0.29, 0.717) is 5.41 Å². The van der Waals surface area contributed by atoms with E-state index in [4.69, 9.17) is 0 Å². The zero-order valence-electron chi connectivity index (χ0n) is 12.0. The van der Waals surface area contributed by atoms with Gasteiger partial charge in [-0.25, -0.2) is 0 Å². The van der Waals surface area contributed by atoms with E-state index in [2.05, 4.69) is 31.0 Å². The molecule has 100 valence electrons. The van der Waals surface area contributed by atoms with Crippen LogP contribution in [0.5, 0.6) is 0 Å². The Morgan fingerprint density at radius 2 is 1.82 bits per heavy atom. The number of nitrogens with zero attached hydrogens (tertiary/aromatic N) is 1. The molecular weight excluding hydrogens is 208 g/mol. The zero-order valence-corrected chi connectivity index (χ0v) is 12.0. The summed E-state index contributed by atoms with van der Waals surface area (Å²) >= 11 is 0. The largest absolute Gasteiger partial charge is 0.314 e. The van der Waals surface area contributed by atoms with E-state index in [1.54, 1.807) is 0 Å². The van der Waals surface area contributed by atoms with Crippen LogP contribution < -0.4 is 5.32 Å². The molecule has 0 aromatic rings. The van der Waals surface area contributed by atoms with Crippen molar-refractivity contribution in [2.45, 2.75) is 58.9 Å². The first-order chi connectivity index (χ1) is 8.04. The van der Waals surface area contributed by atoms with Gasteiger partial charge in [0, 0.05) is 6.04 Å². The fourth-order valence-corrected chi connectivity index (χ4v) is 3.19. The van der Waals surface area contributed by atoms with Crippen LogP contribution in [0.1, 0.15) is 52.9 Å². The molecule has 0 aromatic carbocycles. The lowest BCUT2D eigenvalue weighted by Gasteiger charge is -2.36. The maximum atomic E-state index is 3.68. The summed E-state index contributed by atoms with van der Waals surface area (Å²) in [6.45, 7) is 12.3. The maximum Gasteiger partial charge on any atom is 0.00967 e. The lowest BCUT2D eigenvalue weighted by atomic mass is 9.87. The van der Waals surface area contributed by atoms with E-state index in [1.165, 1.54) is 58.3 Å². The molecule has 2 aliphatic rings. The molecule has 1 unspecified atom stereocenters. The van der Waals surface area contributed by atoms with Crippen molar-refractivity contribution in [1.29, 1.82) is 0 Å². The molecule has 0 amide bonds. The lowest BCUT2D eigenvalue weighted by molar-refractivity contribution is 0.147. The minimum atomic E-state index is 0.490. The fraction of sp³-hybridized carbons (Fsp3) is 1.00. The Kier molecular flexibility index (Phi) is 4.48. The van der Waals surface area contributed by atoms with Gasteiger partial charge in [-0.2, -0.15) is 0 Å². The number of hydrogen-bond acceptors (Lipinski definition) is 2. The minimum Gasteiger partial charge on any atom is -0.314 e. The molecule has 0 bridgehead atoms. The first-order valence-electron chi connectivity index (χ1n) is 7.50. The number of likely N-dealkylation sites (tertiary alicyclic amines) is 1. The van der Waals surface area contributed by atoms with Crippen LogP contribution in [0, 0.1) is 11.3 Å². The molecule has 2 nitrogen and oxygen atoms in total. The molecule has 2 rings (SSSR count). The Balaban J connectivity index is 1.67. The summed E-state index contributed by atoms with van der Waals surface area (Å²) in [6, 6.07) is 0.847. The highest BCUT2D eigenvalue weighted by Crippen LogP contribution is 2.27. The summed E-state index contributed by atoms with van der Waals surface area (Å²) in [5.41, 5.74) is 0.490. The van der Waals surface area contributed by atoms with Crippen LogP contribution in [-0.2, 0) is 0 Å². The average molecular weight is 238 g/mol. The van der Waals surface area contributed by atoms with Gasteiger partial charge in [0.25, 0.3) is 0 Å². The first kappa shape index (κ1) is 13.4. The van der Waals surface area contributed by atoms with Gasteiger partial charge in [0.15, 0.2) is 0 Å². The summed E-state index contributed by atoms with van der Waals surface area (Å²) in [5.74, 6) is 0.961. The molecule has 2 heterocycles. The van der Waals surface area contributed by atoms with E-state index in [9.17, 15) is 0 Å². The molecule has 0 spiro atoms. The molecule has 17 heavy (non-hydrogen) atoms. The van der Waals surface area contributed by atoms with Gasteiger partial charge in [-0.15, -0.1) is 0 Å². The predicted octanol–water partition coefficient (Wildman–Crippen LogP) is 2.89. The molecule has 2 fully saturated rings. The second-order valence-electron chi connectivity index (χ2n) is 7.19. The van der Waals surface area contributed by atoms with Gasteiger partial charge in [-0.05, 0) is 69.6 Å². The number of hydrogen-bond donors (Lipinski definition) is 1. The van der Waals surface area contributed by atoms with Crippen molar-refractivity contribution in [1.82, 2.24) is 10.2 Å². The summed E-state index contributed by atoms with van der Waals surface area (Å²) in [6.07, 6.45) is 6.99. The van der Waals surface area contributed by atoms with Gasteiger partial charge in [-0.1, -0.05) is 20.8 Å². The number of rotatable bonds is 3. The first-order valence-corrected chi connectivity index (χ1v) is 7.50. The normalized spacial score (nSPS) is 28.8. The minimum absolute atomic E-state index is 0.490. The zero-order chi connectivity index (χ0) is 12.3. The Hall–Kier alpha value is -0.0800. The van der Waals surface area contributed by atoms with E-state index >= 15 is 0 Å². The molecule has 1 atom stereocenters. The van der Waals surface area contributed by atoms with E-state index in [1.807, 2.05) is 0 Å². The molecule has 1 N–H and O–H groups in total. The molecule has 0 saturated carbocycles. The van der Waals surface area contributed by atoms with Gasteiger partial charge >= 0.3 is 0 Å². The van der Waals surface area contributed by atoms with Crippen molar-refractivity contribution in [2.75, 3.05) is 26.2 Å². The van der Waals surface area contributed by atoms with Gasteiger partial charge in [-0.3, -0.25) is 0 Å². The van der Waals surface area contributed by atoms with Gasteiger partial charge in [0.1, 0.15) is 0 Å². The van der Waals surface area contributed by atoms with Crippen molar-refractivity contribution in [3.63, 3.8) is 0 Å². The summed E-state index contributed by atoms with van der Waals surface area (Å²) in [5, 5.41) is 3.68. The van der Waals surface area contributed by atoms with Crippen LogP contribution in [0.25, 0.3) is 0 Å².